The Morgan fingerprint density at radius 2 is 1.95 bits per heavy atom. The highest BCUT2D eigenvalue weighted by Gasteiger charge is 2.30. The monoisotopic (exact) mass is 290 g/mol. The Morgan fingerprint density at radius 3 is 2.57 bits per heavy atom. The van der Waals surface area contributed by atoms with E-state index in [4.69, 9.17) is 0 Å². The summed E-state index contributed by atoms with van der Waals surface area (Å²) >= 11 is 0. The first-order valence-electron chi connectivity index (χ1n) is 8.14. The number of aromatic hydroxyl groups is 2. The van der Waals surface area contributed by atoms with Crippen molar-refractivity contribution in [2.24, 2.45) is 5.92 Å². The second-order valence-corrected chi connectivity index (χ2v) is 6.50. The molecule has 2 aliphatic rings. The van der Waals surface area contributed by atoms with Crippen molar-refractivity contribution in [1.82, 2.24) is 10.2 Å². The Morgan fingerprint density at radius 1 is 1.19 bits per heavy atom. The van der Waals surface area contributed by atoms with Crippen LogP contribution in [0.4, 0.5) is 0 Å². The Balaban J connectivity index is 1.60. The third kappa shape index (κ3) is 3.16. The molecule has 2 heterocycles. The van der Waals surface area contributed by atoms with Gasteiger partial charge in [0.15, 0.2) is 0 Å². The molecular formula is C17H26N2O2. The van der Waals surface area contributed by atoms with Crippen molar-refractivity contribution in [2.75, 3.05) is 19.6 Å². The normalized spacial score (nSPS) is 26.0. The van der Waals surface area contributed by atoms with Crippen LogP contribution in [0.2, 0.25) is 0 Å². The molecule has 0 bridgehead atoms. The zero-order valence-electron chi connectivity index (χ0n) is 12.8. The van der Waals surface area contributed by atoms with E-state index >= 15 is 0 Å². The molecule has 116 valence electrons. The van der Waals surface area contributed by atoms with Gasteiger partial charge >= 0.3 is 0 Å². The summed E-state index contributed by atoms with van der Waals surface area (Å²) in [5.74, 6) is 1.13. The van der Waals surface area contributed by atoms with E-state index in [0.717, 1.165) is 30.6 Å². The first kappa shape index (κ1) is 14.7. The third-order valence-corrected chi connectivity index (χ3v) is 5.25. The van der Waals surface area contributed by atoms with Crippen molar-refractivity contribution in [1.29, 1.82) is 0 Å². The molecule has 0 spiro atoms. The van der Waals surface area contributed by atoms with E-state index in [0.29, 0.717) is 0 Å². The van der Waals surface area contributed by atoms with E-state index in [1.54, 1.807) is 6.07 Å². The minimum atomic E-state index is 0.120. The highest BCUT2D eigenvalue weighted by atomic mass is 16.3. The number of phenols is 2. The molecule has 0 aromatic heterocycles. The minimum Gasteiger partial charge on any atom is -0.508 e. The van der Waals surface area contributed by atoms with Gasteiger partial charge in [-0.05, 0) is 64.2 Å². The van der Waals surface area contributed by atoms with Gasteiger partial charge in [0.25, 0.3) is 0 Å². The Kier molecular flexibility index (Phi) is 4.36. The summed E-state index contributed by atoms with van der Waals surface area (Å²) in [6.07, 6.45) is 5.13. The molecule has 21 heavy (non-hydrogen) atoms. The maximum absolute atomic E-state index is 10.0. The maximum Gasteiger partial charge on any atom is 0.124 e. The van der Waals surface area contributed by atoms with Gasteiger partial charge < -0.3 is 15.5 Å². The van der Waals surface area contributed by atoms with E-state index < -0.39 is 0 Å². The summed E-state index contributed by atoms with van der Waals surface area (Å²) < 4.78 is 0. The molecule has 2 fully saturated rings. The fraction of sp³-hybridized carbons (Fsp3) is 0.647. The van der Waals surface area contributed by atoms with Gasteiger partial charge in [-0.1, -0.05) is 6.07 Å². The minimum absolute atomic E-state index is 0.120. The molecule has 3 rings (SSSR count). The Bertz CT molecular complexity index is 478. The lowest BCUT2D eigenvalue weighted by atomic mass is 9.87. The number of rotatable bonds is 3. The van der Waals surface area contributed by atoms with Crippen molar-refractivity contribution in [2.45, 2.75) is 44.7 Å². The molecule has 3 N–H and O–H groups in total. The second kappa shape index (κ2) is 6.24. The average Bonchev–Trinajstić information content (AvgIpc) is 3.01. The first-order valence-corrected chi connectivity index (χ1v) is 8.14. The van der Waals surface area contributed by atoms with Crippen LogP contribution in [0, 0.1) is 5.92 Å². The predicted octanol–water partition coefficient (Wildman–Crippen LogP) is 2.62. The average molecular weight is 290 g/mol. The van der Waals surface area contributed by atoms with Gasteiger partial charge in [0.2, 0.25) is 0 Å². The highest BCUT2D eigenvalue weighted by molar-refractivity contribution is 5.40. The van der Waals surface area contributed by atoms with Crippen LogP contribution in [-0.4, -0.2) is 40.8 Å². The molecule has 4 heteroatoms. The summed E-state index contributed by atoms with van der Waals surface area (Å²) in [6.45, 7) is 5.50. The van der Waals surface area contributed by atoms with Crippen molar-refractivity contribution in [3.63, 3.8) is 0 Å². The van der Waals surface area contributed by atoms with Crippen LogP contribution in [0.15, 0.2) is 18.2 Å². The van der Waals surface area contributed by atoms with Crippen molar-refractivity contribution < 1.29 is 10.2 Å². The SMILES string of the molecule is CC(c1ccc(O)cc1O)N1CCC(C2CCCN2)CC1. The number of nitrogens with one attached hydrogen (secondary N) is 1. The standard InChI is InChI=1S/C17H26N2O2/c1-12(15-5-4-14(20)11-17(15)21)19-9-6-13(7-10-19)16-3-2-8-18-16/h4-5,11-13,16,18,20-21H,2-3,6-10H2,1H3. The molecule has 0 saturated carbocycles. The molecule has 2 atom stereocenters. The molecule has 0 amide bonds. The Labute approximate surface area is 126 Å². The van der Waals surface area contributed by atoms with Gasteiger partial charge in [0.1, 0.15) is 11.5 Å². The fourth-order valence-corrected chi connectivity index (χ4v) is 3.90. The van der Waals surface area contributed by atoms with Gasteiger partial charge in [-0.2, -0.15) is 0 Å². The molecular weight excluding hydrogens is 264 g/mol. The Hall–Kier alpha value is -1.26. The number of phenolic OH excluding ortho intramolecular Hbond substituents is 2. The summed E-state index contributed by atoms with van der Waals surface area (Å²) in [4.78, 5) is 2.44. The summed E-state index contributed by atoms with van der Waals surface area (Å²) in [7, 11) is 0. The summed E-state index contributed by atoms with van der Waals surface area (Å²) in [6, 6.07) is 5.84. The van der Waals surface area contributed by atoms with Crippen LogP contribution < -0.4 is 5.32 Å². The van der Waals surface area contributed by atoms with E-state index in [2.05, 4.69) is 17.1 Å². The van der Waals surface area contributed by atoms with Gasteiger partial charge in [-0.25, -0.2) is 0 Å². The van der Waals surface area contributed by atoms with Gasteiger partial charge in [0, 0.05) is 23.7 Å². The van der Waals surface area contributed by atoms with Crippen LogP contribution >= 0.6 is 0 Å². The number of hydrogen-bond donors (Lipinski definition) is 3. The molecule has 4 nitrogen and oxygen atoms in total. The van der Waals surface area contributed by atoms with E-state index in [-0.39, 0.29) is 17.5 Å². The third-order valence-electron chi connectivity index (χ3n) is 5.25. The van der Waals surface area contributed by atoms with Crippen LogP contribution in [0.5, 0.6) is 11.5 Å². The van der Waals surface area contributed by atoms with Crippen LogP contribution in [0.3, 0.4) is 0 Å². The molecule has 1 aromatic carbocycles. The lowest BCUT2D eigenvalue weighted by molar-refractivity contribution is 0.125. The predicted molar refractivity (Wildman–Crippen MR) is 83.5 cm³/mol. The van der Waals surface area contributed by atoms with E-state index in [1.807, 2.05) is 6.07 Å². The molecule has 0 radical (unpaired) electrons. The van der Waals surface area contributed by atoms with Crippen molar-refractivity contribution in [3.05, 3.63) is 23.8 Å². The highest BCUT2D eigenvalue weighted by Crippen LogP contribution is 2.34. The number of likely N-dealkylation sites (tertiary alicyclic amines) is 1. The van der Waals surface area contributed by atoms with Gasteiger partial charge in [0.05, 0.1) is 0 Å². The molecule has 2 aliphatic heterocycles. The maximum atomic E-state index is 10.0. The molecule has 2 saturated heterocycles. The molecule has 2 unspecified atom stereocenters. The van der Waals surface area contributed by atoms with Gasteiger partial charge in [-0.3, -0.25) is 4.90 Å². The smallest absolute Gasteiger partial charge is 0.124 e. The first-order chi connectivity index (χ1) is 10.1. The van der Waals surface area contributed by atoms with Crippen LogP contribution in [0.1, 0.15) is 44.2 Å². The van der Waals surface area contributed by atoms with Crippen LogP contribution in [0.25, 0.3) is 0 Å². The number of nitrogens with zero attached hydrogens (tertiary/aromatic N) is 1. The van der Waals surface area contributed by atoms with Gasteiger partial charge in [-0.15, -0.1) is 0 Å². The summed E-state index contributed by atoms with van der Waals surface area (Å²) in [5.41, 5.74) is 0.908. The zero-order chi connectivity index (χ0) is 14.8. The number of piperidine rings is 1. The quantitative estimate of drug-likeness (QED) is 0.801. The van der Waals surface area contributed by atoms with E-state index in [1.165, 1.54) is 38.3 Å². The lowest BCUT2D eigenvalue weighted by Gasteiger charge is -2.38. The molecule has 1 aromatic rings. The van der Waals surface area contributed by atoms with E-state index in [9.17, 15) is 10.2 Å². The fourth-order valence-electron chi connectivity index (χ4n) is 3.90. The second-order valence-electron chi connectivity index (χ2n) is 6.50. The van der Waals surface area contributed by atoms with Crippen molar-refractivity contribution >= 4 is 0 Å². The zero-order valence-corrected chi connectivity index (χ0v) is 12.8. The summed E-state index contributed by atoms with van der Waals surface area (Å²) in [5, 5.41) is 23.1. The largest absolute Gasteiger partial charge is 0.508 e. The lowest BCUT2D eigenvalue weighted by Crippen LogP contribution is -2.41. The van der Waals surface area contributed by atoms with Crippen molar-refractivity contribution in [3.8, 4) is 11.5 Å². The topological polar surface area (TPSA) is 55.7 Å². The molecule has 0 aliphatic carbocycles. The number of benzene rings is 1. The number of hydrogen-bond acceptors (Lipinski definition) is 4. The van der Waals surface area contributed by atoms with Crippen LogP contribution in [-0.2, 0) is 0 Å².